The van der Waals surface area contributed by atoms with E-state index in [1.54, 1.807) is 64.1 Å². The number of nitro benzene ring substituents is 1. The summed E-state index contributed by atoms with van der Waals surface area (Å²) in [7, 11) is 1.20. The molecule has 1 aliphatic heterocycles. The second-order valence-electron chi connectivity index (χ2n) is 8.66. The number of hydrogen-bond acceptors (Lipinski definition) is 9. The summed E-state index contributed by atoms with van der Waals surface area (Å²) < 4.78 is 16.0. The molecule has 0 saturated carbocycles. The molecule has 10 heteroatoms. The van der Waals surface area contributed by atoms with Crippen LogP contribution >= 0.6 is 0 Å². The maximum atomic E-state index is 13.7. The van der Waals surface area contributed by atoms with Crippen molar-refractivity contribution in [1.82, 2.24) is 5.32 Å². The Morgan fingerprint density at radius 1 is 0.919 bits per heavy atom. The number of nitro groups is 1. The van der Waals surface area contributed by atoms with Crippen LogP contribution in [0.5, 0.6) is 0 Å². The van der Waals surface area contributed by atoms with E-state index in [4.69, 9.17) is 14.2 Å². The van der Waals surface area contributed by atoms with Crippen LogP contribution in [-0.2, 0) is 28.6 Å². The standard InChI is InChI=1S/C27H28N2O8/c1-15(2)36-27(32)24(18-10-7-6-8-11-18)37-26(31)22-17(4)28-16(3)21(25(30)35-5)23(22)19-12-9-13-20(14-19)29(33)34/h6-15,23-24,28H,1-5H3/t23-,24-/m0/s1. The summed E-state index contributed by atoms with van der Waals surface area (Å²) in [5, 5.41) is 14.4. The molecule has 0 fully saturated rings. The summed E-state index contributed by atoms with van der Waals surface area (Å²) in [5.74, 6) is -3.44. The van der Waals surface area contributed by atoms with E-state index < -0.39 is 41.0 Å². The first kappa shape index (κ1) is 27.1. The minimum Gasteiger partial charge on any atom is -0.466 e. The lowest BCUT2D eigenvalue weighted by Gasteiger charge is -2.31. The van der Waals surface area contributed by atoms with Crippen LogP contribution < -0.4 is 5.32 Å². The molecule has 0 unspecified atom stereocenters. The van der Waals surface area contributed by atoms with E-state index in [0.717, 1.165) is 0 Å². The van der Waals surface area contributed by atoms with Crippen molar-refractivity contribution in [3.8, 4) is 0 Å². The van der Waals surface area contributed by atoms with Crippen molar-refractivity contribution in [2.45, 2.75) is 45.8 Å². The SMILES string of the molecule is COC(=O)C1=C(C)NC(C)=C(C(=O)O[C@H](C(=O)OC(C)C)c2ccccc2)[C@H]1c1cccc([N+](=O)[O-])c1. The van der Waals surface area contributed by atoms with E-state index in [0.29, 0.717) is 22.5 Å². The Balaban J connectivity index is 2.12. The number of non-ortho nitro benzene ring substituents is 1. The zero-order chi connectivity index (χ0) is 27.3. The zero-order valence-corrected chi connectivity index (χ0v) is 21.1. The van der Waals surface area contributed by atoms with E-state index in [-0.39, 0.29) is 16.8 Å². The van der Waals surface area contributed by atoms with Gasteiger partial charge >= 0.3 is 17.9 Å². The van der Waals surface area contributed by atoms with Crippen LogP contribution in [0.25, 0.3) is 0 Å². The Hall–Kier alpha value is -4.47. The smallest absolute Gasteiger partial charge is 0.352 e. The molecular formula is C27H28N2O8. The van der Waals surface area contributed by atoms with Crippen LogP contribution in [0.2, 0.25) is 0 Å². The number of carbonyl (C=O) groups excluding carboxylic acids is 3. The van der Waals surface area contributed by atoms with Gasteiger partial charge in [0.25, 0.3) is 5.69 Å². The Labute approximate surface area is 214 Å². The number of benzene rings is 2. The Morgan fingerprint density at radius 3 is 2.11 bits per heavy atom. The lowest BCUT2D eigenvalue weighted by Crippen LogP contribution is -2.33. The van der Waals surface area contributed by atoms with Gasteiger partial charge in [-0.2, -0.15) is 0 Å². The predicted octanol–water partition coefficient (Wildman–Crippen LogP) is 4.24. The fourth-order valence-electron chi connectivity index (χ4n) is 4.14. The molecule has 3 rings (SSSR count). The van der Waals surface area contributed by atoms with Crippen molar-refractivity contribution >= 4 is 23.6 Å². The number of dihydropyridines is 1. The van der Waals surface area contributed by atoms with Crippen molar-refractivity contribution in [3.63, 3.8) is 0 Å². The second kappa shape index (κ2) is 11.5. The lowest BCUT2D eigenvalue weighted by atomic mass is 9.80. The van der Waals surface area contributed by atoms with Gasteiger partial charge < -0.3 is 19.5 Å². The molecule has 0 bridgehead atoms. The molecule has 194 valence electrons. The van der Waals surface area contributed by atoms with E-state index >= 15 is 0 Å². The number of esters is 3. The van der Waals surface area contributed by atoms with Crippen LogP contribution in [0.15, 0.2) is 77.1 Å². The third kappa shape index (κ3) is 6.03. The predicted molar refractivity (Wildman–Crippen MR) is 133 cm³/mol. The number of carbonyl (C=O) groups is 3. The highest BCUT2D eigenvalue weighted by atomic mass is 16.6. The molecule has 1 aliphatic rings. The molecule has 2 aromatic rings. The van der Waals surface area contributed by atoms with Gasteiger partial charge in [-0.3, -0.25) is 10.1 Å². The minimum atomic E-state index is -1.38. The van der Waals surface area contributed by atoms with Crippen molar-refractivity contribution in [2.75, 3.05) is 7.11 Å². The third-order valence-corrected chi connectivity index (χ3v) is 5.69. The second-order valence-corrected chi connectivity index (χ2v) is 8.66. The molecule has 0 spiro atoms. The molecule has 0 saturated heterocycles. The van der Waals surface area contributed by atoms with Gasteiger partial charge in [0.15, 0.2) is 0 Å². The maximum Gasteiger partial charge on any atom is 0.352 e. The maximum absolute atomic E-state index is 13.7. The number of rotatable bonds is 8. The normalized spacial score (nSPS) is 16.1. The first-order chi connectivity index (χ1) is 17.5. The van der Waals surface area contributed by atoms with Gasteiger partial charge in [-0.05, 0) is 33.3 Å². The fourth-order valence-corrected chi connectivity index (χ4v) is 4.14. The summed E-state index contributed by atoms with van der Waals surface area (Å²) in [4.78, 5) is 50.3. The third-order valence-electron chi connectivity index (χ3n) is 5.69. The molecule has 0 radical (unpaired) electrons. The number of nitrogens with zero attached hydrogens (tertiary/aromatic N) is 1. The number of hydrogen-bond donors (Lipinski definition) is 1. The van der Waals surface area contributed by atoms with Crippen molar-refractivity contribution in [2.24, 2.45) is 0 Å². The van der Waals surface area contributed by atoms with Gasteiger partial charge in [0.1, 0.15) is 0 Å². The molecule has 1 N–H and O–H groups in total. The Bertz CT molecular complexity index is 1280. The van der Waals surface area contributed by atoms with Crippen molar-refractivity contribution in [1.29, 1.82) is 0 Å². The summed E-state index contributed by atoms with van der Waals surface area (Å²) in [6.07, 6.45) is -1.83. The van der Waals surface area contributed by atoms with E-state index in [1.165, 1.54) is 25.3 Å². The highest BCUT2D eigenvalue weighted by molar-refractivity contribution is 6.00. The Kier molecular flexibility index (Phi) is 8.44. The van der Waals surface area contributed by atoms with E-state index in [9.17, 15) is 24.5 Å². The van der Waals surface area contributed by atoms with Gasteiger partial charge in [0, 0.05) is 29.1 Å². The monoisotopic (exact) mass is 508 g/mol. The van der Waals surface area contributed by atoms with Gasteiger partial charge in [-0.15, -0.1) is 0 Å². The van der Waals surface area contributed by atoms with Crippen LogP contribution in [-0.4, -0.2) is 36.0 Å². The first-order valence-electron chi connectivity index (χ1n) is 11.5. The molecule has 0 aliphatic carbocycles. The average molecular weight is 509 g/mol. The highest BCUT2D eigenvalue weighted by Gasteiger charge is 2.40. The highest BCUT2D eigenvalue weighted by Crippen LogP contribution is 2.40. The first-order valence-corrected chi connectivity index (χ1v) is 11.5. The lowest BCUT2D eigenvalue weighted by molar-refractivity contribution is -0.384. The van der Waals surface area contributed by atoms with E-state index in [1.807, 2.05) is 0 Å². The largest absolute Gasteiger partial charge is 0.466 e. The summed E-state index contributed by atoms with van der Waals surface area (Å²) in [6.45, 7) is 6.60. The molecule has 2 aromatic carbocycles. The van der Waals surface area contributed by atoms with Gasteiger partial charge in [-0.1, -0.05) is 42.5 Å². The number of ether oxygens (including phenoxy) is 3. The quantitative estimate of drug-likeness (QED) is 0.240. The van der Waals surface area contributed by atoms with Crippen molar-refractivity contribution < 1.29 is 33.5 Å². The molecule has 0 aromatic heterocycles. The average Bonchev–Trinajstić information content (AvgIpc) is 2.86. The van der Waals surface area contributed by atoms with E-state index in [2.05, 4.69) is 5.32 Å². The van der Waals surface area contributed by atoms with Gasteiger partial charge in [0.2, 0.25) is 6.10 Å². The molecule has 2 atom stereocenters. The Morgan fingerprint density at radius 2 is 1.54 bits per heavy atom. The zero-order valence-electron chi connectivity index (χ0n) is 21.1. The van der Waals surface area contributed by atoms with Gasteiger partial charge in [-0.25, -0.2) is 14.4 Å². The molecule has 1 heterocycles. The fraction of sp³-hybridized carbons (Fsp3) is 0.296. The van der Waals surface area contributed by atoms with Gasteiger partial charge in [0.05, 0.1) is 35.2 Å². The summed E-state index contributed by atoms with van der Waals surface area (Å²) >= 11 is 0. The molecule has 10 nitrogen and oxygen atoms in total. The molecule has 0 amide bonds. The van der Waals surface area contributed by atoms with Crippen LogP contribution in [0.4, 0.5) is 5.69 Å². The number of nitrogens with one attached hydrogen (secondary N) is 1. The number of allylic oxidation sites excluding steroid dienone is 2. The van der Waals surface area contributed by atoms with Crippen LogP contribution in [0, 0.1) is 10.1 Å². The molecule has 37 heavy (non-hydrogen) atoms. The minimum absolute atomic E-state index is 0.00442. The van der Waals surface area contributed by atoms with Crippen molar-refractivity contribution in [3.05, 3.63) is 98.4 Å². The molecular weight excluding hydrogens is 480 g/mol. The topological polar surface area (TPSA) is 134 Å². The summed E-state index contributed by atoms with van der Waals surface area (Å²) in [6, 6.07) is 14.0. The number of methoxy groups -OCH3 is 1. The summed E-state index contributed by atoms with van der Waals surface area (Å²) in [5.41, 5.74) is 1.35. The van der Waals surface area contributed by atoms with Crippen LogP contribution in [0.3, 0.4) is 0 Å². The van der Waals surface area contributed by atoms with Crippen LogP contribution in [0.1, 0.15) is 50.8 Å².